The summed E-state index contributed by atoms with van der Waals surface area (Å²) >= 11 is 13.5. The van der Waals surface area contributed by atoms with Gasteiger partial charge in [0, 0.05) is 15.4 Å². The highest BCUT2D eigenvalue weighted by Gasteiger charge is 2.23. The molecule has 0 radical (unpaired) electrons. The average molecular weight is 419 g/mol. The average Bonchev–Trinajstić information content (AvgIpc) is 2.46. The van der Waals surface area contributed by atoms with Gasteiger partial charge in [-0.05, 0) is 39.5 Å². The molecule has 2 aromatic rings. The van der Waals surface area contributed by atoms with Gasteiger partial charge in [-0.25, -0.2) is 0 Å². The minimum absolute atomic E-state index is 0.120. The van der Waals surface area contributed by atoms with Crippen LogP contribution >= 0.6 is 43.5 Å². The monoisotopic (exact) mass is 416 g/mol. The lowest BCUT2D eigenvalue weighted by Crippen LogP contribution is -2.04. The Morgan fingerprint density at radius 2 is 1.80 bits per heavy atom. The van der Waals surface area contributed by atoms with E-state index in [-0.39, 0.29) is 4.83 Å². The Bertz CT molecular complexity index is 587. The van der Waals surface area contributed by atoms with E-state index in [4.69, 9.17) is 16.3 Å². The Morgan fingerprint density at radius 1 is 1.15 bits per heavy atom. The molecule has 20 heavy (non-hydrogen) atoms. The van der Waals surface area contributed by atoms with Crippen molar-refractivity contribution < 1.29 is 4.74 Å². The van der Waals surface area contributed by atoms with Gasteiger partial charge in [0.25, 0.3) is 0 Å². The third-order valence-electron chi connectivity index (χ3n) is 3.30. The molecule has 0 aromatic heterocycles. The topological polar surface area (TPSA) is 9.23 Å². The van der Waals surface area contributed by atoms with Crippen LogP contribution in [0.1, 0.15) is 28.8 Å². The zero-order valence-electron chi connectivity index (χ0n) is 11.2. The molecule has 2 atom stereocenters. The minimum Gasteiger partial charge on any atom is -0.495 e. The van der Waals surface area contributed by atoms with Crippen LogP contribution in [0.5, 0.6) is 5.75 Å². The molecule has 0 aliphatic rings. The van der Waals surface area contributed by atoms with Crippen molar-refractivity contribution in [2.24, 2.45) is 0 Å². The molecule has 0 bridgehead atoms. The van der Waals surface area contributed by atoms with E-state index >= 15 is 0 Å². The molecule has 0 spiro atoms. The summed E-state index contributed by atoms with van der Waals surface area (Å²) in [5.74, 6) is 1.12. The fourth-order valence-electron chi connectivity index (χ4n) is 2.20. The van der Waals surface area contributed by atoms with Crippen LogP contribution in [0.4, 0.5) is 0 Å². The lowest BCUT2D eigenvalue weighted by molar-refractivity contribution is 0.405. The van der Waals surface area contributed by atoms with E-state index in [1.165, 1.54) is 5.56 Å². The van der Waals surface area contributed by atoms with Crippen molar-refractivity contribution in [3.05, 3.63) is 63.1 Å². The van der Waals surface area contributed by atoms with Crippen LogP contribution < -0.4 is 4.74 Å². The molecule has 0 aliphatic carbocycles. The first-order chi connectivity index (χ1) is 9.54. The standard InChI is InChI=1S/C16H15Br2ClO/c1-10(11-6-4-3-5-7-11)15(18)13-8-12(19)9-14(17)16(13)20-2/h3-10,15H,1-2H3. The molecule has 0 saturated heterocycles. The third kappa shape index (κ3) is 3.38. The van der Waals surface area contributed by atoms with Crippen molar-refractivity contribution in [2.75, 3.05) is 7.11 Å². The van der Waals surface area contributed by atoms with E-state index in [2.05, 4.69) is 63.0 Å². The summed E-state index contributed by atoms with van der Waals surface area (Å²) in [5, 5.41) is 0.692. The van der Waals surface area contributed by atoms with Crippen LogP contribution in [-0.2, 0) is 0 Å². The van der Waals surface area contributed by atoms with Gasteiger partial charge in [-0.1, -0.05) is 64.8 Å². The lowest BCUT2D eigenvalue weighted by atomic mass is 9.93. The van der Waals surface area contributed by atoms with Crippen molar-refractivity contribution in [1.29, 1.82) is 0 Å². The predicted molar refractivity (Wildman–Crippen MR) is 92.2 cm³/mol. The van der Waals surface area contributed by atoms with Crippen molar-refractivity contribution in [1.82, 2.24) is 0 Å². The maximum atomic E-state index is 6.17. The van der Waals surface area contributed by atoms with Gasteiger partial charge in [0.2, 0.25) is 0 Å². The Kier molecular flexibility index (Phi) is 5.53. The van der Waals surface area contributed by atoms with E-state index in [0.717, 1.165) is 15.8 Å². The maximum absolute atomic E-state index is 6.17. The molecule has 1 nitrogen and oxygen atoms in total. The number of ether oxygens (including phenoxy) is 1. The Hall–Kier alpha value is -0.510. The Balaban J connectivity index is 2.40. The molecule has 0 amide bonds. The normalized spacial score (nSPS) is 13.8. The van der Waals surface area contributed by atoms with Crippen LogP contribution in [0.3, 0.4) is 0 Å². The van der Waals surface area contributed by atoms with Crippen molar-refractivity contribution in [3.63, 3.8) is 0 Å². The van der Waals surface area contributed by atoms with E-state index in [0.29, 0.717) is 10.9 Å². The highest BCUT2D eigenvalue weighted by Crippen LogP contribution is 2.45. The number of alkyl halides is 1. The number of benzene rings is 2. The van der Waals surface area contributed by atoms with E-state index < -0.39 is 0 Å². The van der Waals surface area contributed by atoms with Crippen LogP contribution in [0, 0.1) is 0 Å². The van der Waals surface area contributed by atoms with Gasteiger partial charge in [-0.15, -0.1) is 0 Å². The second kappa shape index (κ2) is 6.97. The molecule has 4 heteroatoms. The SMILES string of the molecule is COc1c(Br)cc(Cl)cc1C(Br)C(C)c1ccccc1. The van der Waals surface area contributed by atoms with E-state index in [1.807, 2.05) is 18.2 Å². The lowest BCUT2D eigenvalue weighted by Gasteiger charge is -2.22. The summed E-state index contributed by atoms with van der Waals surface area (Å²) in [7, 11) is 1.67. The first kappa shape index (κ1) is 15.9. The second-order valence-electron chi connectivity index (χ2n) is 4.61. The molecule has 106 valence electrons. The van der Waals surface area contributed by atoms with Gasteiger partial charge >= 0.3 is 0 Å². The summed E-state index contributed by atoms with van der Waals surface area (Å²) in [4.78, 5) is 0.120. The molecule has 2 rings (SSSR count). The molecule has 2 aromatic carbocycles. The number of rotatable bonds is 4. The molecule has 0 N–H and O–H groups in total. The highest BCUT2D eigenvalue weighted by molar-refractivity contribution is 9.10. The summed E-state index contributed by atoms with van der Waals surface area (Å²) in [6.45, 7) is 2.18. The van der Waals surface area contributed by atoms with Gasteiger partial charge in [-0.2, -0.15) is 0 Å². The molecule has 0 fully saturated rings. The van der Waals surface area contributed by atoms with Crippen LogP contribution in [0.2, 0.25) is 5.02 Å². The highest BCUT2D eigenvalue weighted by atomic mass is 79.9. The molecule has 0 saturated carbocycles. The predicted octanol–water partition coefficient (Wildman–Crippen LogP) is 6.35. The van der Waals surface area contributed by atoms with Crippen molar-refractivity contribution in [2.45, 2.75) is 17.7 Å². The van der Waals surface area contributed by atoms with Crippen molar-refractivity contribution in [3.8, 4) is 5.75 Å². The molecule has 2 unspecified atom stereocenters. The number of hydrogen-bond donors (Lipinski definition) is 0. The number of hydrogen-bond acceptors (Lipinski definition) is 1. The Morgan fingerprint density at radius 3 is 2.40 bits per heavy atom. The first-order valence-electron chi connectivity index (χ1n) is 6.26. The van der Waals surface area contributed by atoms with Crippen LogP contribution in [0.25, 0.3) is 0 Å². The molecular formula is C16H15Br2ClO. The largest absolute Gasteiger partial charge is 0.495 e. The summed E-state index contributed by atoms with van der Waals surface area (Å²) in [5.41, 5.74) is 2.32. The zero-order valence-corrected chi connectivity index (χ0v) is 15.2. The van der Waals surface area contributed by atoms with Gasteiger partial charge in [0.15, 0.2) is 0 Å². The summed E-state index contributed by atoms with van der Waals surface area (Å²) < 4.78 is 6.37. The van der Waals surface area contributed by atoms with E-state index in [1.54, 1.807) is 7.11 Å². The fraction of sp³-hybridized carbons (Fsp3) is 0.250. The van der Waals surface area contributed by atoms with Gasteiger partial charge in [0.05, 0.1) is 11.6 Å². The Labute approximate surface area is 141 Å². The summed E-state index contributed by atoms with van der Waals surface area (Å²) in [6.07, 6.45) is 0. The van der Waals surface area contributed by atoms with Gasteiger partial charge < -0.3 is 4.74 Å². The molecular weight excluding hydrogens is 403 g/mol. The molecule has 0 heterocycles. The quantitative estimate of drug-likeness (QED) is 0.526. The number of halogens is 3. The fourth-order valence-corrected chi connectivity index (χ4v) is 3.84. The second-order valence-corrected chi connectivity index (χ2v) is 6.89. The third-order valence-corrected chi connectivity index (χ3v) is 5.40. The maximum Gasteiger partial charge on any atom is 0.137 e. The van der Waals surface area contributed by atoms with Gasteiger partial charge in [-0.3, -0.25) is 0 Å². The van der Waals surface area contributed by atoms with Gasteiger partial charge in [0.1, 0.15) is 5.75 Å². The first-order valence-corrected chi connectivity index (χ1v) is 8.35. The molecule has 0 aliphatic heterocycles. The summed E-state index contributed by atoms with van der Waals surface area (Å²) in [6, 6.07) is 14.2. The van der Waals surface area contributed by atoms with Crippen LogP contribution in [-0.4, -0.2) is 7.11 Å². The minimum atomic E-state index is 0.120. The zero-order chi connectivity index (χ0) is 14.7. The smallest absolute Gasteiger partial charge is 0.137 e. The van der Waals surface area contributed by atoms with Crippen molar-refractivity contribution >= 4 is 43.5 Å². The van der Waals surface area contributed by atoms with E-state index in [9.17, 15) is 0 Å². The van der Waals surface area contributed by atoms with Crippen LogP contribution in [0.15, 0.2) is 46.9 Å². The number of methoxy groups -OCH3 is 1.